The Bertz CT molecular complexity index is 6930. The molecule has 0 fully saturated rings. The van der Waals surface area contributed by atoms with Crippen LogP contribution in [0.15, 0.2) is 301 Å². The fourth-order valence-corrected chi connectivity index (χ4v) is 16.9. The van der Waals surface area contributed by atoms with Crippen molar-refractivity contribution >= 4 is 145 Å². The van der Waals surface area contributed by atoms with Gasteiger partial charge in [0.1, 0.15) is 11.2 Å². The second-order valence-electron chi connectivity index (χ2n) is 31.1. The molecule has 0 atom stereocenters. The van der Waals surface area contributed by atoms with Crippen LogP contribution < -0.4 is 26.2 Å². The van der Waals surface area contributed by atoms with Crippen LogP contribution in [-0.4, -0.2) is 20.4 Å². The van der Waals surface area contributed by atoms with E-state index >= 15 is 0 Å². The molecule has 14 aromatic carbocycles. The summed E-state index contributed by atoms with van der Waals surface area (Å²) in [7, 11) is 0. The molecule has 0 unspecified atom stereocenters. The number of aromatic nitrogens is 3. The van der Waals surface area contributed by atoms with Crippen molar-refractivity contribution in [2.24, 2.45) is 0 Å². The second-order valence-corrected chi connectivity index (χ2v) is 31.1. The number of hydrogen-bond acceptors (Lipinski definition) is 3. The lowest BCUT2D eigenvalue weighted by Gasteiger charge is -2.46. The highest BCUT2D eigenvalue weighted by Crippen LogP contribution is 2.55. The molecule has 6 nitrogen and oxygen atoms in total. The van der Waals surface area contributed by atoms with Gasteiger partial charge in [0, 0.05) is 83.1 Å². The SMILES string of the molecule is [2H]c1c([2H])c([2H])c2c(c1[2H])c1c([2H])c([2H])c([2H])c([2H])c1n2-c1ccc2c(c1)N(c1c(-c3ccccc3)ccc3c1c1ccccc1n3-c1ccccc1)c1cc(C(C)(C)C)cc3c1B2c1ccc(-n2c4ccc(C(C)(C)C)cc4c4cc(C(C)(C)C)ccc42)cc1N3c1cc(-c2ccccc2)cc2oc3ccccc3c12. The topological polar surface area (TPSA) is 34.4 Å². The maximum atomic E-state index is 9.89. The molecule has 4 aromatic heterocycles. The molecule has 2 aliphatic rings. The number of nitrogens with zero attached hydrogens (tertiary/aromatic N) is 5. The van der Waals surface area contributed by atoms with Gasteiger partial charge in [-0.05, 0) is 181 Å². The predicted octanol–water partition coefficient (Wildman–Crippen LogP) is 24.2. The Hall–Kier alpha value is -12.1. The minimum atomic E-state index is -0.516. The second kappa shape index (κ2) is 22.2. The van der Waals surface area contributed by atoms with Crippen molar-refractivity contribution in [2.75, 3.05) is 9.80 Å². The maximum absolute atomic E-state index is 9.89. The molecule has 494 valence electrons. The fourth-order valence-electron chi connectivity index (χ4n) is 16.9. The molecule has 0 aliphatic carbocycles. The molecule has 18 aromatic rings. The van der Waals surface area contributed by atoms with Crippen molar-refractivity contribution in [1.82, 2.24) is 13.7 Å². The van der Waals surface area contributed by atoms with E-state index < -0.39 is 48.4 Å². The van der Waals surface area contributed by atoms with E-state index in [1.54, 1.807) is 4.57 Å². The standard InChI is InChI=1S/C96H76BN5O/c1-94(2,3)62-41-48-80-73(53-62)74-54-63(95(4,5)6)42-49-81(74)100(80)66-43-46-75-83(57-66)101(85-51-61(59-27-13-10-14-28-59)52-89-90(85)72-36-22-26-40-88(72)103-89)86-55-64(96(7,8)9)56-87-92(86)97(75)76-47-44-67(99-77-37-23-19-33-69(77)70-34-20-24-38-78(70)99)58-84(76)102(87)93-68(60-29-15-11-16-30-60)45-50-82-91(93)71-35-21-25-39-79(71)98(82)65-31-17-12-18-32-65/h10-58H,1-9H3/i19D,20D,23D,24D,33D,34D,37D,38D. The van der Waals surface area contributed by atoms with E-state index in [0.29, 0.717) is 5.69 Å². The predicted molar refractivity (Wildman–Crippen MR) is 438 cm³/mol. The first-order valence-electron chi connectivity index (χ1n) is 39.7. The van der Waals surface area contributed by atoms with Crippen molar-refractivity contribution in [3.05, 3.63) is 314 Å². The van der Waals surface area contributed by atoms with Crippen molar-refractivity contribution in [3.63, 3.8) is 0 Å². The van der Waals surface area contributed by atoms with Crippen LogP contribution in [0.1, 0.15) is 90.0 Å². The van der Waals surface area contributed by atoms with Crippen molar-refractivity contribution in [1.29, 1.82) is 0 Å². The van der Waals surface area contributed by atoms with Crippen LogP contribution in [-0.2, 0) is 16.2 Å². The Morgan fingerprint density at radius 3 is 1.42 bits per heavy atom. The van der Waals surface area contributed by atoms with Gasteiger partial charge in [-0.3, -0.25) is 0 Å². The Labute approximate surface area is 611 Å². The summed E-state index contributed by atoms with van der Waals surface area (Å²) >= 11 is 0. The van der Waals surface area contributed by atoms with Crippen LogP contribution >= 0.6 is 0 Å². The van der Waals surface area contributed by atoms with E-state index in [1.807, 2.05) is 24.3 Å². The van der Waals surface area contributed by atoms with Gasteiger partial charge in [0.25, 0.3) is 6.71 Å². The molecule has 0 spiro atoms. The van der Waals surface area contributed by atoms with Crippen LogP contribution in [0.5, 0.6) is 0 Å². The number of para-hydroxylation sites is 5. The molecule has 20 rings (SSSR count). The monoisotopic (exact) mass is 1330 g/mol. The summed E-state index contributed by atoms with van der Waals surface area (Å²) in [5.41, 5.74) is 23.2. The highest BCUT2D eigenvalue weighted by Gasteiger charge is 2.46. The molecule has 0 amide bonds. The Morgan fingerprint density at radius 1 is 0.311 bits per heavy atom. The van der Waals surface area contributed by atoms with Crippen LogP contribution in [0.3, 0.4) is 0 Å². The van der Waals surface area contributed by atoms with Crippen LogP contribution in [0.4, 0.5) is 34.1 Å². The van der Waals surface area contributed by atoms with Crippen molar-refractivity contribution < 1.29 is 15.4 Å². The van der Waals surface area contributed by atoms with Gasteiger partial charge in [0.15, 0.2) is 0 Å². The summed E-state index contributed by atoms with van der Waals surface area (Å²) in [6.45, 7) is 20.0. The lowest BCUT2D eigenvalue weighted by Crippen LogP contribution is -2.61. The average molecular weight is 1330 g/mol. The van der Waals surface area contributed by atoms with E-state index in [-0.39, 0.29) is 44.7 Å². The number of hydrogen-bond donors (Lipinski definition) is 0. The molecular formula is C96H76BN5O. The number of anilines is 6. The van der Waals surface area contributed by atoms with Crippen LogP contribution in [0, 0.1) is 0 Å². The third-order valence-electron chi connectivity index (χ3n) is 21.9. The molecule has 2 aliphatic heterocycles. The third kappa shape index (κ3) is 9.20. The van der Waals surface area contributed by atoms with Crippen molar-refractivity contribution in [2.45, 2.75) is 78.6 Å². The zero-order valence-corrected chi connectivity index (χ0v) is 58.9. The molecule has 0 saturated carbocycles. The normalized spacial score (nSPS) is 14.3. The minimum Gasteiger partial charge on any atom is -0.456 e. The Balaban J connectivity index is 0.982. The van der Waals surface area contributed by atoms with Gasteiger partial charge in [-0.25, -0.2) is 0 Å². The van der Waals surface area contributed by atoms with E-state index in [9.17, 15) is 8.22 Å². The average Bonchev–Trinajstić information content (AvgIpc) is 1.25. The van der Waals surface area contributed by atoms with Gasteiger partial charge < -0.3 is 27.9 Å². The number of benzene rings is 14. The van der Waals surface area contributed by atoms with E-state index in [0.717, 1.165) is 144 Å². The summed E-state index contributed by atoms with van der Waals surface area (Å²) in [5.74, 6) is 0. The summed E-state index contributed by atoms with van der Waals surface area (Å²) in [6.07, 6.45) is 0. The number of rotatable bonds is 7. The minimum absolute atomic E-state index is 0.00715. The van der Waals surface area contributed by atoms with Gasteiger partial charge in [-0.15, -0.1) is 0 Å². The Kier molecular flexibility index (Phi) is 11.4. The zero-order chi connectivity index (χ0) is 76.5. The third-order valence-corrected chi connectivity index (χ3v) is 21.9. The summed E-state index contributed by atoms with van der Waals surface area (Å²) in [5, 5.41) is 6.29. The molecule has 0 bridgehead atoms. The smallest absolute Gasteiger partial charge is 0.252 e. The first kappa shape index (κ1) is 52.9. The largest absolute Gasteiger partial charge is 0.456 e. The summed E-state index contributed by atoms with van der Waals surface area (Å²) in [4.78, 5) is 5.00. The van der Waals surface area contributed by atoms with Gasteiger partial charge in [0.2, 0.25) is 0 Å². The molecule has 0 saturated heterocycles. The maximum Gasteiger partial charge on any atom is 0.252 e. The molecule has 6 heterocycles. The van der Waals surface area contributed by atoms with Crippen molar-refractivity contribution in [3.8, 4) is 39.3 Å². The van der Waals surface area contributed by atoms with Crippen LogP contribution in [0.2, 0.25) is 0 Å². The van der Waals surface area contributed by atoms with Gasteiger partial charge >= 0.3 is 0 Å². The number of furan rings is 1. The molecule has 0 N–H and O–H groups in total. The molecule has 0 radical (unpaired) electrons. The highest BCUT2D eigenvalue weighted by molar-refractivity contribution is 7.00. The van der Waals surface area contributed by atoms with E-state index in [2.05, 4.69) is 306 Å². The first-order chi connectivity index (χ1) is 53.3. The lowest BCUT2D eigenvalue weighted by atomic mass is 9.33. The van der Waals surface area contributed by atoms with Gasteiger partial charge in [0.05, 0.1) is 60.8 Å². The molecular weight excluding hydrogens is 1250 g/mol. The van der Waals surface area contributed by atoms with Gasteiger partial charge in [-0.1, -0.05) is 244 Å². The molecule has 103 heavy (non-hydrogen) atoms. The molecule has 7 heteroatoms. The van der Waals surface area contributed by atoms with Gasteiger partial charge in [-0.2, -0.15) is 0 Å². The highest BCUT2D eigenvalue weighted by atomic mass is 16.3. The summed E-state index contributed by atoms with van der Waals surface area (Å²) < 4.78 is 89.4. The quantitative estimate of drug-likeness (QED) is 0.149. The Morgan fingerprint density at radius 2 is 0.806 bits per heavy atom. The van der Waals surface area contributed by atoms with E-state index in [1.165, 1.54) is 21.9 Å². The summed E-state index contributed by atoms with van der Waals surface area (Å²) in [6, 6.07) is 86.3. The first-order valence-corrected chi connectivity index (χ1v) is 35.7. The zero-order valence-electron chi connectivity index (χ0n) is 66.9. The fraction of sp³-hybridized carbons (Fsp3) is 0.125. The lowest BCUT2D eigenvalue weighted by molar-refractivity contribution is 0.590. The number of fused-ring (bicyclic) bond motifs is 16. The van der Waals surface area contributed by atoms with Crippen LogP contribution in [0.25, 0.3) is 127 Å². The van der Waals surface area contributed by atoms with E-state index in [4.69, 9.17) is 7.16 Å².